The summed E-state index contributed by atoms with van der Waals surface area (Å²) >= 11 is 0. The molecular weight excluding hydrogens is 530 g/mol. The van der Waals surface area contributed by atoms with Gasteiger partial charge in [-0.05, 0) is 86.5 Å². The molecule has 2 saturated heterocycles. The molecule has 2 aliphatic heterocycles. The molecule has 4 fully saturated rings. The number of anilines is 1. The smallest absolute Gasteiger partial charge is 0.414 e. The Balaban J connectivity index is 1.28. The Morgan fingerprint density at radius 1 is 0.952 bits per heavy atom. The maximum absolute atomic E-state index is 12.8. The number of carbonyl (C=O) groups excluding carboxylic acids is 1. The van der Waals surface area contributed by atoms with E-state index in [2.05, 4.69) is 50.3 Å². The van der Waals surface area contributed by atoms with Gasteiger partial charge in [0.2, 0.25) is 0 Å². The maximum atomic E-state index is 12.8. The quantitative estimate of drug-likeness (QED) is 0.349. The van der Waals surface area contributed by atoms with Crippen molar-refractivity contribution in [3.05, 3.63) is 47.6 Å². The lowest BCUT2D eigenvalue weighted by atomic mass is 9.47. The van der Waals surface area contributed by atoms with Crippen molar-refractivity contribution in [3.63, 3.8) is 0 Å². The molecule has 0 bridgehead atoms. The predicted octanol–water partition coefficient (Wildman–Crippen LogP) is 7.11. The van der Waals surface area contributed by atoms with Crippen LogP contribution in [0.4, 0.5) is 10.5 Å². The van der Waals surface area contributed by atoms with Gasteiger partial charge < -0.3 is 23.7 Å². The summed E-state index contributed by atoms with van der Waals surface area (Å²) in [7, 11) is 1.77. The first-order valence-corrected chi connectivity index (χ1v) is 15.9. The average Bonchev–Trinajstić information content (AvgIpc) is 3.68. The lowest BCUT2D eigenvalue weighted by Gasteiger charge is -2.59. The molecule has 2 heterocycles. The van der Waals surface area contributed by atoms with E-state index in [9.17, 15) is 4.79 Å². The first-order valence-electron chi connectivity index (χ1n) is 15.9. The maximum Gasteiger partial charge on any atom is 0.414 e. The number of fused-ring (bicyclic) bond motifs is 6. The van der Waals surface area contributed by atoms with Crippen molar-refractivity contribution in [1.82, 2.24) is 0 Å². The molecule has 1 unspecified atom stereocenters. The summed E-state index contributed by atoms with van der Waals surface area (Å²) in [5.41, 5.74) is 4.18. The van der Waals surface area contributed by atoms with Gasteiger partial charge in [-0.15, -0.1) is 0 Å². The second-order valence-electron chi connectivity index (χ2n) is 14.9. The van der Waals surface area contributed by atoms with Crippen LogP contribution in [-0.2, 0) is 23.7 Å². The molecule has 0 aromatic heterocycles. The summed E-state index contributed by atoms with van der Waals surface area (Å²) < 4.78 is 31.0. The number of amides is 1. The number of nitrogens with zero attached hydrogens (tertiary/aromatic N) is 1. The fourth-order valence-corrected chi connectivity index (χ4v) is 9.42. The van der Waals surface area contributed by atoms with Crippen molar-refractivity contribution in [2.45, 2.75) is 90.3 Å². The van der Waals surface area contributed by atoms with Crippen LogP contribution in [0.25, 0.3) is 5.57 Å². The second-order valence-corrected chi connectivity index (χ2v) is 14.9. The molecule has 6 aliphatic rings. The third kappa shape index (κ3) is 4.25. The number of benzene rings is 1. The standard InChI is InChI=1S/C35H47NO6/c1-31(2,3)42-30(37)36(6)25-10-7-23(8-11-25)27-22-33(5)28(13-14-35(33)40-19-20-41-35)26-12-9-24-21-34(38-17-18-39-34)16-15-32(24,4)29(26)27/h7-11,22,26,28-29H,12-21H2,1-6H3/t26-,28-,29+,32-,33?/m0/s1. The molecule has 1 aromatic carbocycles. The van der Waals surface area contributed by atoms with E-state index in [1.165, 1.54) is 16.7 Å². The normalized spacial score (nSPS) is 36.2. The van der Waals surface area contributed by atoms with E-state index in [0.717, 1.165) is 44.2 Å². The Hall–Kier alpha value is -2.19. The molecule has 228 valence electrons. The Kier molecular flexibility index (Phi) is 6.57. The van der Waals surface area contributed by atoms with Gasteiger partial charge in [0.05, 0.1) is 26.4 Å². The van der Waals surface area contributed by atoms with E-state index in [1.54, 1.807) is 11.9 Å². The van der Waals surface area contributed by atoms with E-state index in [1.807, 2.05) is 20.8 Å². The zero-order chi connectivity index (χ0) is 29.5. The lowest BCUT2D eigenvalue weighted by molar-refractivity contribution is -0.215. The van der Waals surface area contributed by atoms with Crippen molar-refractivity contribution in [2.75, 3.05) is 38.4 Å². The number of hydrogen-bond acceptors (Lipinski definition) is 6. The zero-order valence-corrected chi connectivity index (χ0v) is 26.2. The van der Waals surface area contributed by atoms with Crippen molar-refractivity contribution in [3.8, 4) is 0 Å². The van der Waals surface area contributed by atoms with Crippen molar-refractivity contribution >= 4 is 17.4 Å². The minimum Gasteiger partial charge on any atom is -0.443 e. The molecule has 1 aromatic rings. The van der Waals surface area contributed by atoms with E-state index in [0.29, 0.717) is 44.2 Å². The number of carbonyl (C=O) groups is 1. The van der Waals surface area contributed by atoms with Crippen molar-refractivity contribution in [2.24, 2.45) is 28.6 Å². The highest BCUT2D eigenvalue weighted by atomic mass is 16.7. The highest BCUT2D eigenvalue weighted by molar-refractivity contribution is 5.87. The van der Waals surface area contributed by atoms with E-state index in [-0.39, 0.29) is 16.9 Å². The minimum absolute atomic E-state index is 0.0236. The molecule has 0 radical (unpaired) electrons. The Morgan fingerprint density at radius 3 is 2.29 bits per heavy atom. The van der Waals surface area contributed by atoms with Gasteiger partial charge in [0, 0.05) is 37.4 Å². The van der Waals surface area contributed by atoms with Crippen molar-refractivity contribution < 1.29 is 28.5 Å². The van der Waals surface area contributed by atoms with E-state index in [4.69, 9.17) is 23.7 Å². The summed E-state index contributed by atoms with van der Waals surface area (Å²) in [4.78, 5) is 14.4. The van der Waals surface area contributed by atoms with Crippen LogP contribution >= 0.6 is 0 Å². The van der Waals surface area contributed by atoms with Crippen LogP contribution in [0.15, 0.2) is 42.0 Å². The Morgan fingerprint density at radius 2 is 1.62 bits per heavy atom. The van der Waals surface area contributed by atoms with Gasteiger partial charge in [0.25, 0.3) is 0 Å². The van der Waals surface area contributed by atoms with Crippen LogP contribution in [0.3, 0.4) is 0 Å². The summed E-state index contributed by atoms with van der Waals surface area (Å²) in [6.45, 7) is 13.2. The summed E-state index contributed by atoms with van der Waals surface area (Å²) in [5, 5.41) is 0. The molecule has 7 rings (SSSR count). The molecule has 1 amide bonds. The van der Waals surface area contributed by atoms with Gasteiger partial charge in [0.15, 0.2) is 11.6 Å². The highest BCUT2D eigenvalue weighted by Crippen LogP contribution is 2.69. The van der Waals surface area contributed by atoms with E-state index < -0.39 is 17.2 Å². The van der Waals surface area contributed by atoms with Gasteiger partial charge in [-0.25, -0.2) is 4.79 Å². The second kappa shape index (κ2) is 9.65. The van der Waals surface area contributed by atoms with Gasteiger partial charge in [-0.2, -0.15) is 0 Å². The third-order valence-electron chi connectivity index (χ3n) is 11.5. The monoisotopic (exact) mass is 577 g/mol. The molecule has 42 heavy (non-hydrogen) atoms. The lowest BCUT2D eigenvalue weighted by Crippen LogP contribution is -2.54. The third-order valence-corrected chi connectivity index (χ3v) is 11.5. The number of hydrogen-bond donors (Lipinski definition) is 0. The van der Waals surface area contributed by atoms with Crippen LogP contribution in [0.5, 0.6) is 0 Å². The molecule has 5 atom stereocenters. The highest BCUT2D eigenvalue weighted by Gasteiger charge is 2.67. The Labute approximate surface area is 250 Å². The SMILES string of the molecule is CN(C(=O)OC(C)(C)C)c1ccc(C2=CC3(C)[C@@H](CCC34OCCO4)[C@@H]3CC=C4CC5(CC[C@]4(C)[C@@H]23)OCCO5)cc1. The summed E-state index contributed by atoms with van der Waals surface area (Å²) in [6.07, 6.45) is 10.7. The van der Waals surface area contributed by atoms with Gasteiger partial charge >= 0.3 is 6.09 Å². The Bertz CT molecular complexity index is 1300. The fraction of sp³-hybridized carbons (Fsp3) is 0.686. The summed E-state index contributed by atoms with van der Waals surface area (Å²) in [5.74, 6) is 0.381. The molecule has 7 heteroatoms. The van der Waals surface area contributed by atoms with Crippen molar-refractivity contribution in [1.29, 1.82) is 0 Å². The number of allylic oxidation sites excluding steroid dienone is 2. The number of ether oxygens (including phenoxy) is 5. The largest absolute Gasteiger partial charge is 0.443 e. The predicted molar refractivity (Wildman–Crippen MR) is 161 cm³/mol. The number of rotatable bonds is 2. The van der Waals surface area contributed by atoms with Crippen LogP contribution in [-0.4, -0.2) is 56.7 Å². The first kappa shape index (κ1) is 28.6. The van der Waals surface area contributed by atoms with Gasteiger partial charge in [-0.3, -0.25) is 4.90 Å². The van der Waals surface area contributed by atoms with Crippen LogP contribution < -0.4 is 4.90 Å². The van der Waals surface area contributed by atoms with Crippen LogP contribution in [0.2, 0.25) is 0 Å². The molecule has 2 spiro atoms. The van der Waals surface area contributed by atoms with Gasteiger partial charge in [0.1, 0.15) is 5.60 Å². The van der Waals surface area contributed by atoms with Crippen LogP contribution in [0.1, 0.15) is 78.7 Å². The molecule has 4 aliphatic carbocycles. The minimum atomic E-state index is -0.546. The fourth-order valence-electron chi connectivity index (χ4n) is 9.42. The molecular formula is C35H47NO6. The summed E-state index contributed by atoms with van der Waals surface area (Å²) in [6, 6.07) is 8.48. The topological polar surface area (TPSA) is 66.5 Å². The molecule has 2 saturated carbocycles. The molecule has 0 N–H and O–H groups in total. The van der Waals surface area contributed by atoms with Gasteiger partial charge in [-0.1, -0.05) is 43.7 Å². The zero-order valence-electron chi connectivity index (χ0n) is 26.2. The van der Waals surface area contributed by atoms with E-state index >= 15 is 0 Å². The average molecular weight is 578 g/mol. The van der Waals surface area contributed by atoms with Crippen LogP contribution in [0, 0.1) is 28.6 Å². The molecule has 7 nitrogen and oxygen atoms in total. The first-order chi connectivity index (χ1) is 19.9.